The number of nitrogen functional groups attached to an aromatic ring is 1. The van der Waals surface area contributed by atoms with E-state index in [9.17, 15) is 18.9 Å². The second-order valence-electron chi connectivity index (χ2n) is 10.7. The van der Waals surface area contributed by atoms with E-state index >= 15 is 0 Å². The van der Waals surface area contributed by atoms with E-state index in [1.165, 1.54) is 31.1 Å². The Morgan fingerprint density at radius 3 is 2.28 bits per heavy atom. The summed E-state index contributed by atoms with van der Waals surface area (Å²) in [6, 6.07) is 7.09. The first-order chi connectivity index (χ1) is 21.9. The molecule has 0 radical (unpaired) electrons. The molecule has 1 aliphatic rings. The zero-order valence-electron chi connectivity index (χ0n) is 26.4. The van der Waals surface area contributed by atoms with Crippen molar-refractivity contribution >= 4 is 42.6 Å². The van der Waals surface area contributed by atoms with Crippen LogP contribution < -0.4 is 15.3 Å². The van der Waals surface area contributed by atoms with Gasteiger partial charge in [-0.05, 0) is 39.8 Å². The minimum Gasteiger partial charge on any atom is -0.462 e. The van der Waals surface area contributed by atoms with Crippen molar-refractivity contribution in [3.05, 3.63) is 43.0 Å². The molecule has 1 aliphatic heterocycles. The molecule has 250 valence electrons. The highest BCUT2D eigenvalue weighted by atomic mass is 31.2. The van der Waals surface area contributed by atoms with Gasteiger partial charge >= 0.3 is 25.7 Å². The van der Waals surface area contributed by atoms with E-state index in [0.29, 0.717) is 0 Å². The minimum absolute atomic E-state index is 0.00196. The molecule has 1 aromatic carbocycles. The highest BCUT2D eigenvalue weighted by Crippen LogP contribution is 2.48. The molecule has 16 nitrogen and oxygen atoms in total. The fourth-order valence-corrected chi connectivity index (χ4v) is 6.35. The van der Waals surface area contributed by atoms with Crippen molar-refractivity contribution < 1.29 is 46.9 Å². The van der Waals surface area contributed by atoms with Gasteiger partial charge in [-0.2, -0.15) is 5.09 Å². The second-order valence-corrected chi connectivity index (χ2v) is 12.4. The molecular weight excluding hydrogens is 623 g/mol. The van der Waals surface area contributed by atoms with E-state index in [4.69, 9.17) is 33.7 Å². The summed E-state index contributed by atoms with van der Waals surface area (Å²) in [4.78, 5) is 50.4. The first-order valence-electron chi connectivity index (χ1n) is 14.8. The van der Waals surface area contributed by atoms with Crippen LogP contribution in [0.25, 0.3) is 11.2 Å². The summed E-state index contributed by atoms with van der Waals surface area (Å²) in [5.41, 5.74) is 6.52. The number of esters is 3. The number of para-hydroxylation sites is 1. The van der Waals surface area contributed by atoms with E-state index < -0.39 is 68.4 Å². The molecule has 1 saturated heterocycles. The monoisotopic (exact) mass is 662 g/mol. The van der Waals surface area contributed by atoms with Gasteiger partial charge in [-0.3, -0.25) is 23.5 Å². The van der Waals surface area contributed by atoms with Crippen LogP contribution in [-0.4, -0.2) is 74.0 Å². The summed E-state index contributed by atoms with van der Waals surface area (Å²) in [6.07, 6.45) is -3.72. The standard InChI is InChI=1S/C29H39N6O10P/c1-7-20(36)41-24-23(43-28(25(24)42-21(37)8-2)35-15-33-22-26(30)31-14-32-27(22)35)18(6)44-46(39,45-19-12-10-9-11-13-19)34-17(5)29(38)40-16(3)4/h9-18,23-25,28H,7-8H2,1-6H3,(H,34,39)(H2,30,31,32)/t17?,18?,23-,24?,25?,28-,46?/m1/s1. The number of nitrogens with one attached hydrogen (secondary N) is 1. The lowest BCUT2D eigenvalue weighted by Gasteiger charge is -2.30. The Hall–Kier alpha value is -4.11. The predicted molar refractivity (Wildman–Crippen MR) is 163 cm³/mol. The number of aromatic nitrogens is 4. The summed E-state index contributed by atoms with van der Waals surface area (Å²) in [5.74, 6) is -1.60. The summed E-state index contributed by atoms with van der Waals surface area (Å²) >= 11 is 0. The lowest BCUT2D eigenvalue weighted by Crippen LogP contribution is -2.44. The quantitative estimate of drug-likeness (QED) is 0.144. The van der Waals surface area contributed by atoms with Crippen LogP contribution in [0.5, 0.6) is 5.75 Å². The minimum atomic E-state index is -4.38. The second kappa shape index (κ2) is 15.0. The van der Waals surface area contributed by atoms with Gasteiger partial charge in [-0.1, -0.05) is 32.0 Å². The van der Waals surface area contributed by atoms with E-state index in [0.717, 1.165) is 0 Å². The van der Waals surface area contributed by atoms with Crippen molar-refractivity contribution in [1.82, 2.24) is 24.6 Å². The number of imidazole rings is 1. The first-order valence-corrected chi connectivity index (χ1v) is 16.4. The van der Waals surface area contributed by atoms with Crippen LogP contribution in [0.3, 0.4) is 0 Å². The molecule has 46 heavy (non-hydrogen) atoms. The molecule has 0 amide bonds. The first kappa shape index (κ1) is 34.8. The van der Waals surface area contributed by atoms with Crippen molar-refractivity contribution in [2.45, 2.75) is 97.2 Å². The number of hydrogen-bond acceptors (Lipinski definition) is 14. The maximum Gasteiger partial charge on any atom is 0.459 e. The molecule has 0 saturated carbocycles. The van der Waals surface area contributed by atoms with Crippen LogP contribution in [0.1, 0.15) is 60.6 Å². The summed E-state index contributed by atoms with van der Waals surface area (Å²) in [5, 5.41) is 2.63. The molecule has 7 atom stereocenters. The van der Waals surface area contributed by atoms with Crippen LogP contribution >= 0.6 is 7.75 Å². The Labute approximate surface area is 265 Å². The number of fused-ring (bicyclic) bond motifs is 1. The van der Waals surface area contributed by atoms with Crippen molar-refractivity contribution in [1.29, 1.82) is 0 Å². The molecule has 4 rings (SSSR count). The van der Waals surface area contributed by atoms with Crippen molar-refractivity contribution in [2.24, 2.45) is 0 Å². The highest BCUT2D eigenvalue weighted by molar-refractivity contribution is 7.52. The average molecular weight is 663 g/mol. The van der Waals surface area contributed by atoms with E-state index in [1.807, 2.05) is 0 Å². The number of rotatable bonds is 14. The van der Waals surface area contributed by atoms with Gasteiger partial charge < -0.3 is 29.2 Å². The lowest BCUT2D eigenvalue weighted by atomic mass is 10.1. The summed E-state index contributed by atoms with van der Waals surface area (Å²) < 4.78 is 50.8. The van der Waals surface area contributed by atoms with E-state index in [-0.39, 0.29) is 35.6 Å². The van der Waals surface area contributed by atoms with Crippen LogP contribution in [0.4, 0.5) is 5.82 Å². The molecular formula is C29H39N6O10P. The maximum atomic E-state index is 14.3. The largest absolute Gasteiger partial charge is 0.462 e. The number of ether oxygens (including phenoxy) is 4. The third-order valence-corrected chi connectivity index (χ3v) is 8.56. The lowest BCUT2D eigenvalue weighted by molar-refractivity contribution is -0.168. The van der Waals surface area contributed by atoms with Gasteiger partial charge in [0.25, 0.3) is 0 Å². The molecule has 3 N–H and O–H groups in total. The zero-order chi connectivity index (χ0) is 33.6. The average Bonchev–Trinajstić information content (AvgIpc) is 3.59. The number of carbonyl (C=O) groups is 3. The molecule has 0 aliphatic carbocycles. The molecule has 3 heterocycles. The number of nitrogens with two attached hydrogens (primary N) is 1. The number of carbonyl (C=O) groups excluding carboxylic acids is 3. The van der Waals surface area contributed by atoms with Crippen molar-refractivity contribution in [3.8, 4) is 5.75 Å². The SMILES string of the molecule is CCC(=O)OC1C(OC(=O)CC)[C@H](n2cnc3c(N)ncnc32)O[C@@H]1C(C)OP(=O)(NC(C)C(=O)OC(C)C)Oc1ccccc1. The van der Waals surface area contributed by atoms with Gasteiger partial charge in [0.2, 0.25) is 0 Å². The van der Waals surface area contributed by atoms with Gasteiger partial charge in [-0.15, -0.1) is 0 Å². The van der Waals surface area contributed by atoms with Crippen LogP contribution in [0, 0.1) is 0 Å². The zero-order valence-corrected chi connectivity index (χ0v) is 27.3. The van der Waals surface area contributed by atoms with Crippen LogP contribution in [-0.2, 0) is 42.4 Å². The van der Waals surface area contributed by atoms with E-state index in [1.54, 1.807) is 58.0 Å². The van der Waals surface area contributed by atoms with Gasteiger partial charge in [-0.25, -0.2) is 19.5 Å². The Kier molecular flexibility index (Phi) is 11.3. The number of anilines is 1. The molecule has 5 unspecified atom stereocenters. The van der Waals surface area contributed by atoms with Crippen molar-refractivity contribution in [3.63, 3.8) is 0 Å². The summed E-state index contributed by atoms with van der Waals surface area (Å²) in [7, 11) is -4.38. The molecule has 17 heteroatoms. The molecule has 2 aromatic heterocycles. The van der Waals surface area contributed by atoms with Gasteiger partial charge in [0.05, 0.1) is 18.5 Å². The third kappa shape index (κ3) is 8.18. The predicted octanol–water partition coefficient (Wildman–Crippen LogP) is 3.47. The fourth-order valence-electron chi connectivity index (χ4n) is 4.65. The normalized spacial score (nSPS) is 22.2. The highest BCUT2D eigenvalue weighted by Gasteiger charge is 2.54. The Balaban J connectivity index is 1.72. The Morgan fingerprint density at radius 2 is 1.65 bits per heavy atom. The topological polar surface area (TPSA) is 205 Å². The van der Waals surface area contributed by atoms with Gasteiger partial charge in [0.1, 0.15) is 29.7 Å². The Bertz CT molecular complexity index is 1570. The molecule has 1 fully saturated rings. The fraction of sp³-hybridized carbons (Fsp3) is 0.517. The number of hydrogen-bond donors (Lipinski definition) is 2. The smallest absolute Gasteiger partial charge is 0.459 e. The van der Waals surface area contributed by atoms with Crippen molar-refractivity contribution in [2.75, 3.05) is 5.73 Å². The van der Waals surface area contributed by atoms with Gasteiger partial charge in [0, 0.05) is 12.8 Å². The number of benzene rings is 1. The molecule has 0 bridgehead atoms. The number of nitrogens with zero attached hydrogens (tertiary/aromatic N) is 4. The molecule has 0 spiro atoms. The van der Waals surface area contributed by atoms with Crippen LogP contribution in [0.15, 0.2) is 43.0 Å². The molecule has 3 aromatic rings. The van der Waals surface area contributed by atoms with Gasteiger partial charge in [0.15, 0.2) is 29.9 Å². The van der Waals surface area contributed by atoms with E-state index in [2.05, 4.69) is 20.0 Å². The maximum absolute atomic E-state index is 14.3. The summed E-state index contributed by atoms with van der Waals surface area (Å²) in [6.45, 7) is 9.54. The Morgan fingerprint density at radius 1 is 1.00 bits per heavy atom. The van der Waals surface area contributed by atoms with Crippen LogP contribution in [0.2, 0.25) is 0 Å². The third-order valence-electron chi connectivity index (χ3n) is 6.79.